The smallest absolute Gasteiger partial charge is 0.279 e. The van der Waals surface area contributed by atoms with Gasteiger partial charge in [-0.1, -0.05) is 67.6 Å². The van der Waals surface area contributed by atoms with Crippen molar-refractivity contribution in [2.45, 2.75) is 38.5 Å². The van der Waals surface area contributed by atoms with Crippen LogP contribution in [0.1, 0.15) is 36.1 Å². The number of hydrogen-bond donors (Lipinski definition) is 2. The van der Waals surface area contributed by atoms with Crippen LogP contribution in [0.3, 0.4) is 0 Å². The van der Waals surface area contributed by atoms with Crippen molar-refractivity contribution in [2.75, 3.05) is 13.7 Å². The van der Waals surface area contributed by atoms with E-state index in [9.17, 15) is 14.7 Å². The van der Waals surface area contributed by atoms with Crippen molar-refractivity contribution in [3.8, 4) is 5.69 Å². The number of aliphatic hydroxyl groups excluding tert-OH is 1. The van der Waals surface area contributed by atoms with E-state index < -0.39 is 0 Å². The summed E-state index contributed by atoms with van der Waals surface area (Å²) in [5.74, 6) is 0.0225. The van der Waals surface area contributed by atoms with Gasteiger partial charge in [0.2, 0.25) is 5.91 Å². The van der Waals surface area contributed by atoms with Crippen LogP contribution in [0, 0.1) is 5.92 Å². The molecule has 0 radical (unpaired) electrons. The molecule has 7 nitrogen and oxygen atoms in total. The molecule has 0 aliphatic carbocycles. The van der Waals surface area contributed by atoms with E-state index in [1.54, 1.807) is 16.7 Å². The van der Waals surface area contributed by atoms with Gasteiger partial charge < -0.3 is 14.7 Å². The molecule has 5 rings (SSSR count). The van der Waals surface area contributed by atoms with E-state index in [4.69, 9.17) is 4.74 Å². The van der Waals surface area contributed by atoms with Gasteiger partial charge in [0.05, 0.1) is 35.3 Å². The van der Waals surface area contributed by atoms with Crippen molar-refractivity contribution in [3.05, 3.63) is 112 Å². The zero-order chi connectivity index (χ0) is 26.6. The molecule has 0 bridgehead atoms. The molecule has 7 heteroatoms. The molecular weight excluding hydrogens is 478 g/mol. The monoisotopic (exact) mass is 511 g/mol. The minimum absolute atomic E-state index is 0.00380. The second-order valence-electron chi connectivity index (χ2n) is 9.87. The first kappa shape index (κ1) is 25.7. The van der Waals surface area contributed by atoms with Gasteiger partial charge >= 0.3 is 0 Å². The number of methoxy groups -OCH3 is 1. The van der Waals surface area contributed by atoms with Gasteiger partial charge in [-0.2, -0.15) is 0 Å². The summed E-state index contributed by atoms with van der Waals surface area (Å²) in [5, 5.41) is 13.7. The average molecular weight is 512 g/mol. The Hall–Kier alpha value is -3.94. The molecular formula is C31H33N3O4. The number of benzene rings is 3. The highest BCUT2D eigenvalue weighted by molar-refractivity contribution is 5.79. The molecule has 0 saturated carbocycles. The lowest BCUT2D eigenvalue weighted by atomic mass is 9.93. The Balaban J connectivity index is 1.25. The predicted molar refractivity (Wildman–Crippen MR) is 148 cm³/mol. The van der Waals surface area contributed by atoms with Crippen molar-refractivity contribution in [3.63, 3.8) is 0 Å². The number of aromatic amines is 1. The van der Waals surface area contributed by atoms with Gasteiger partial charge in [-0.3, -0.25) is 14.7 Å². The Morgan fingerprint density at radius 3 is 2.50 bits per heavy atom. The lowest BCUT2D eigenvalue weighted by Gasteiger charge is -2.36. The maximum absolute atomic E-state index is 13.0. The molecule has 3 atom stereocenters. The molecule has 0 spiro atoms. The van der Waals surface area contributed by atoms with Crippen LogP contribution in [0.5, 0.6) is 0 Å². The molecule has 2 N–H and O–H groups in total. The van der Waals surface area contributed by atoms with Crippen molar-refractivity contribution >= 4 is 16.8 Å². The number of carbonyl (C=O) groups is 1. The summed E-state index contributed by atoms with van der Waals surface area (Å²) in [6.07, 6.45) is 4.63. The van der Waals surface area contributed by atoms with Crippen molar-refractivity contribution in [1.82, 2.24) is 14.7 Å². The number of rotatable bonds is 8. The molecule has 2 heterocycles. The van der Waals surface area contributed by atoms with E-state index >= 15 is 0 Å². The second kappa shape index (κ2) is 11.2. The lowest BCUT2D eigenvalue weighted by molar-refractivity contribution is -0.134. The normalized spacial score (nSPS) is 17.0. The number of ether oxygens (including phenoxy) is 1. The molecule has 4 aromatic rings. The third kappa shape index (κ3) is 5.08. The van der Waals surface area contributed by atoms with E-state index in [1.807, 2.05) is 78.9 Å². The average Bonchev–Trinajstić information content (AvgIpc) is 3.29. The molecule has 3 aromatic carbocycles. The van der Waals surface area contributed by atoms with Crippen molar-refractivity contribution < 1.29 is 14.6 Å². The van der Waals surface area contributed by atoms with Crippen LogP contribution in [0.2, 0.25) is 0 Å². The highest BCUT2D eigenvalue weighted by atomic mass is 16.5. The molecule has 1 aliphatic rings. The first-order valence-electron chi connectivity index (χ1n) is 13.0. The maximum Gasteiger partial charge on any atom is 0.279 e. The van der Waals surface area contributed by atoms with Gasteiger partial charge in [-0.05, 0) is 47.4 Å². The molecule has 0 unspecified atom stereocenters. The Labute approximate surface area is 222 Å². The highest BCUT2D eigenvalue weighted by Crippen LogP contribution is 2.28. The molecule has 196 valence electrons. The van der Waals surface area contributed by atoms with Gasteiger partial charge in [0.15, 0.2) is 0 Å². The summed E-state index contributed by atoms with van der Waals surface area (Å²) < 4.78 is 7.35. The largest absolute Gasteiger partial charge is 0.394 e. The fourth-order valence-electron chi connectivity index (χ4n) is 5.35. The molecule has 0 fully saturated rings. The summed E-state index contributed by atoms with van der Waals surface area (Å²) in [6.45, 7) is 2.53. The number of carbonyl (C=O) groups excluding carboxylic acids is 1. The van der Waals surface area contributed by atoms with Gasteiger partial charge in [0, 0.05) is 26.0 Å². The number of amides is 1. The molecule has 38 heavy (non-hydrogen) atoms. The topological polar surface area (TPSA) is 87.6 Å². The SMILES string of the molecule is CO[C@H](c1ccc(-n2[nH]c3ccccc3c2=O)cc1)[C@H](C)/C=C/CC(=O)N1Cc2ccccc2C[C@H]1CO. The number of nitrogens with zero attached hydrogens (tertiary/aromatic N) is 2. The number of hydrogen-bond acceptors (Lipinski definition) is 4. The van der Waals surface area contributed by atoms with Crippen LogP contribution in [0.15, 0.2) is 89.7 Å². The van der Waals surface area contributed by atoms with Gasteiger partial charge in [0.1, 0.15) is 0 Å². The lowest BCUT2D eigenvalue weighted by Crippen LogP contribution is -2.46. The van der Waals surface area contributed by atoms with E-state index in [-0.39, 0.29) is 42.6 Å². The van der Waals surface area contributed by atoms with E-state index in [2.05, 4.69) is 18.1 Å². The summed E-state index contributed by atoms with van der Waals surface area (Å²) in [5.41, 5.74) is 4.78. The molecule has 0 saturated heterocycles. The third-order valence-electron chi connectivity index (χ3n) is 7.42. The maximum atomic E-state index is 13.0. The fraction of sp³-hybridized carbons (Fsp3) is 0.290. The van der Waals surface area contributed by atoms with E-state index in [0.717, 1.165) is 22.3 Å². The number of fused-ring (bicyclic) bond motifs is 2. The van der Waals surface area contributed by atoms with Crippen LogP contribution in [0.25, 0.3) is 16.6 Å². The number of nitrogens with one attached hydrogen (secondary N) is 1. The Bertz CT molecular complexity index is 1500. The summed E-state index contributed by atoms with van der Waals surface area (Å²) in [6, 6.07) is 23.1. The molecule has 1 aliphatic heterocycles. The van der Waals surface area contributed by atoms with Crippen molar-refractivity contribution in [1.29, 1.82) is 0 Å². The van der Waals surface area contributed by atoms with Crippen LogP contribution in [0.4, 0.5) is 0 Å². The first-order valence-corrected chi connectivity index (χ1v) is 13.0. The summed E-state index contributed by atoms with van der Waals surface area (Å²) >= 11 is 0. The van der Waals surface area contributed by atoms with E-state index in [0.29, 0.717) is 18.4 Å². The van der Waals surface area contributed by atoms with Gasteiger partial charge in [0.25, 0.3) is 5.56 Å². The minimum Gasteiger partial charge on any atom is -0.394 e. The zero-order valence-electron chi connectivity index (χ0n) is 21.7. The zero-order valence-corrected chi connectivity index (χ0v) is 21.7. The summed E-state index contributed by atoms with van der Waals surface area (Å²) in [4.78, 5) is 27.6. The molecule has 1 aromatic heterocycles. The number of para-hydroxylation sites is 1. The number of aromatic nitrogens is 2. The quantitative estimate of drug-likeness (QED) is 0.340. The first-order chi connectivity index (χ1) is 18.5. The number of H-pyrrole nitrogens is 1. The Morgan fingerprint density at radius 2 is 1.79 bits per heavy atom. The summed E-state index contributed by atoms with van der Waals surface area (Å²) in [7, 11) is 1.67. The predicted octanol–water partition coefficient (Wildman–Crippen LogP) is 4.53. The van der Waals surface area contributed by atoms with Gasteiger partial charge in [-0.25, -0.2) is 4.68 Å². The van der Waals surface area contributed by atoms with Crippen LogP contribution < -0.4 is 5.56 Å². The number of aliphatic hydroxyl groups is 1. The second-order valence-corrected chi connectivity index (χ2v) is 9.87. The van der Waals surface area contributed by atoms with Crippen LogP contribution in [-0.4, -0.2) is 45.5 Å². The fourth-order valence-corrected chi connectivity index (χ4v) is 5.35. The third-order valence-corrected chi connectivity index (χ3v) is 7.42. The standard InChI is InChI=1S/C31H33N3O4/c1-21(8-7-13-29(36)33-19-24-10-4-3-9-23(24)18-26(33)20-35)30(38-2)22-14-16-25(17-15-22)34-31(37)27-11-5-6-12-28(27)32-34/h3-12,14-17,21,26,30,32,35H,13,18-20H2,1-2H3/b8-7+/t21-,26+,30+/m1/s1. The highest BCUT2D eigenvalue weighted by Gasteiger charge is 2.28. The van der Waals surface area contributed by atoms with Gasteiger partial charge in [-0.15, -0.1) is 0 Å². The van der Waals surface area contributed by atoms with Crippen molar-refractivity contribution in [2.24, 2.45) is 5.92 Å². The molecule has 1 amide bonds. The van der Waals surface area contributed by atoms with E-state index in [1.165, 1.54) is 5.56 Å². The van der Waals surface area contributed by atoms with Crippen LogP contribution in [-0.2, 0) is 22.5 Å². The van der Waals surface area contributed by atoms with Crippen LogP contribution >= 0.6 is 0 Å². The Kier molecular flexibility index (Phi) is 7.58. The Morgan fingerprint density at radius 1 is 1.08 bits per heavy atom. The minimum atomic E-state index is -0.207.